The maximum Gasteiger partial charge on any atom is 0.307 e. The van der Waals surface area contributed by atoms with Gasteiger partial charge >= 0.3 is 5.97 Å². The number of carbonyl (C=O) groups is 2. The van der Waals surface area contributed by atoms with Gasteiger partial charge < -0.3 is 9.47 Å². The van der Waals surface area contributed by atoms with Gasteiger partial charge in [0.15, 0.2) is 0 Å². The molecule has 0 aliphatic carbocycles. The second-order valence-corrected chi connectivity index (χ2v) is 7.47. The summed E-state index contributed by atoms with van der Waals surface area (Å²) in [6.07, 6.45) is 1.93. The Morgan fingerprint density at radius 3 is 2.78 bits per heavy atom. The largest absolute Gasteiger partial charge is 0.496 e. The van der Waals surface area contributed by atoms with Gasteiger partial charge in [-0.2, -0.15) is 0 Å². The maximum atomic E-state index is 12.8. The van der Waals surface area contributed by atoms with E-state index in [0.717, 1.165) is 16.3 Å². The summed E-state index contributed by atoms with van der Waals surface area (Å²) < 4.78 is 10.8. The highest BCUT2D eigenvalue weighted by atomic mass is 32.2. The molecule has 2 aromatic rings. The molecule has 0 saturated carbocycles. The molecule has 140 valence electrons. The number of methoxy groups -OCH3 is 1. The lowest BCUT2D eigenvalue weighted by Crippen LogP contribution is -2.30. The van der Waals surface area contributed by atoms with Crippen LogP contribution in [-0.2, 0) is 14.3 Å². The number of amides is 1. The highest BCUT2D eigenvalue weighted by Crippen LogP contribution is 2.36. The van der Waals surface area contributed by atoms with Crippen LogP contribution in [0.15, 0.2) is 41.3 Å². The van der Waals surface area contributed by atoms with Crippen LogP contribution < -0.4 is 4.74 Å². The van der Waals surface area contributed by atoms with Gasteiger partial charge in [0, 0.05) is 12.1 Å². The Balaban J connectivity index is 1.90. The summed E-state index contributed by atoms with van der Waals surface area (Å²) in [4.78, 5) is 26.3. The Hall–Kier alpha value is -2.38. The van der Waals surface area contributed by atoms with Gasteiger partial charge in [0.2, 0.25) is 0 Å². The topological polar surface area (TPSA) is 55.8 Å². The first kappa shape index (κ1) is 19.4. The molecule has 27 heavy (non-hydrogen) atoms. The van der Waals surface area contributed by atoms with Gasteiger partial charge in [-0.25, -0.2) is 0 Å². The minimum atomic E-state index is -0.341. The Morgan fingerprint density at radius 1 is 1.26 bits per heavy atom. The van der Waals surface area contributed by atoms with Gasteiger partial charge in [0.05, 0.1) is 25.0 Å². The summed E-state index contributed by atoms with van der Waals surface area (Å²) >= 11 is 6.56. The van der Waals surface area contributed by atoms with Crippen LogP contribution in [0.1, 0.15) is 18.9 Å². The van der Waals surface area contributed by atoms with E-state index in [-0.39, 0.29) is 24.8 Å². The van der Waals surface area contributed by atoms with Gasteiger partial charge in [0.1, 0.15) is 10.1 Å². The summed E-state index contributed by atoms with van der Waals surface area (Å²) in [7, 11) is 1.60. The average Bonchev–Trinajstić information content (AvgIpc) is 2.93. The van der Waals surface area contributed by atoms with Gasteiger partial charge in [-0.3, -0.25) is 14.5 Å². The number of hydrogen-bond acceptors (Lipinski definition) is 6. The Bertz CT molecular complexity index is 939. The molecule has 0 bridgehead atoms. The predicted molar refractivity (Wildman–Crippen MR) is 112 cm³/mol. The number of esters is 1. The van der Waals surface area contributed by atoms with E-state index >= 15 is 0 Å². The average molecular weight is 402 g/mol. The first-order chi connectivity index (χ1) is 13.0. The van der Waals surface area contributed by atoms with E-state index in [1.807, 2.05) is 42.5 Å². The number of nitrogens with zero attached hydrogens (tertiary/aromatic N) is 1. The quantitative estimate of drug-likeness (QED) is 0.414. The molecule has 0 atom stereocenters. The van der Waals surface area contributed by atoms with Gasteiger partial charge in [-0.1, -0.05) is 54.3 Å². The van der Waals surface area contributed by atoms with Crippen LogP contribution in [0.3, 0.4) is 0 Å². The van der Waals surface area contributed by atoms with E-state index in [0.29, 0.717) is 21.6 Å². The standard InChI is InChI=1S/C20H19NO4S2/c1-3-25-18(22)10-11-21-19(23)17(27-20(21)26)12-15-14-7-5-4-6-13(14)8-9-16(15)24-2/h4-9,12H,3,10-11H2,1-2H3/b17-12-. The molecule has 7 heteroatoms. The number of thioether (sulfide) groups is 1. The van der Waals surface area contributed by atoms with Crippen molar-refractivity contribution < 1.29 is 19.1 Å². The number of benzene rings is 2. The SMILES string of the molecule is CCOC(=O)CCN1C(=O)/C(=C/c2c(OC)ccc3ccccc23)SC1=S. The number of fused-ring (bicyclic) bond motifs is 1. The Labute approximate surface area is 167 Å². The van der Waals surface area contributed by atoms with Gasteiger partial charge in [-0.05, 0) is 29.8 Å². The van der Waals surface area contributed by atoms with Crippen molar-refractivity contribution in [1.82, 2.24) is 4.90 Å². The van der Waals surface area contributed by atoms with Crippen molar-refractivity contribution in [2.45, 2.75) is 13.3 Å². The fraction of sp³-hybridized carbons (Fsp3) is 0.250. The molecule has 1 aliphatic heterocycles. The molecule has 1 heterocycles. The molecule has 1 fully saturated rings. The zero-order valence-corrected chi connectivity index (χ0v) is 16.7. The van der Waals surface area contributed by atoms with Crippen LogP contribution in [0, 0.1) is 0 Å². The molecule has 0 unspecified atom stereocenters. The van der Waals surface area contributed by atoms with Crippen LogP contribution in [0.5, 0.6) is 5.75 Å². The molecule has 3 rings (SSSR count). The van der Waals surface area contributed by atoms with Crippen molar-refractivity contribution in [1.29, 1.82) is 0 Å². The molecule has 0 aromatic heterocycles. The Morgan fingerprint density at radius 2 is 2.04 bits per heavy atom. The van der Waals surface area contributed by atoms with Crippen molar-refractivity contribution in [3.05, 3.63) is 46.9 Å². The highest BCUT2D eigenvalue weighted by Gasteiger charge is 2.32. The molecule has 1 amide bonds. The molecule has 0 radical (unpaired) electrons. The third-order valence-electron chi connectivity index (χ3n) is 4.14. The minimum Gasteiger partial charge on any atom is -0.496 e. The zero-order valence-electron chi connectivity index (χ0n) is 15.1. The zero-order chi connectivity index (χ0) is 19.4. The second-order valence-electron chi connectivity index (χ2n) is 5.79. The Kier molecular flexibility index (Phi) is 6.13. The molecule has 1 aliphatic rings. The lowest BCUT2D eigenvalue weighted by molar-refractivity contribution is -0.143. The fourth-order valence-corrected chi connectivity index (χ4v) is 4.15. The number of carbonyl (C=O) groups excluding carboxylic acids is 2. The van der Waals surface area contributed by atoms with E-state index < -0.39 is 0 Å². The monoisotopic (exact) mass is 401 g/mol. The summed E-state index contributed by atoms with van der Waals surface area (Å²) in [5.41, 5.74) is 0.835. The highest BCUT2D eigenvalue weighted by molar-refractivity contribution is 8.26. The molecule has 2 aromatic carbocycles. The second kappa shape index (κ2) is 8.54. The lowest BCUT2D eigenvalue weighted by atomic mass is 10.0. The van der Waals surface area contributed by atoms with E-state index in [9.17, 15) is 9.59 Å². The van der Waals surface area contributed by atoms with Crippen LogP contribution >= 0.6 is 24.0 Å². The van der Waals surface area contributed by atoms with E-state index in [1.165, 1.54) is 16.7 Å². The lowest BCUT2D eigenvalue weighted by Gasteiger charge is -2.13. The van der Waals surface area contributed by atoms with Crippen molar-refractivity contribution in [3.63, 3.8) is 0 Å². The molecule has 5 nitrogen and oxygen atoms in total. The van der Waals surface area contributed by atoms with E-state index in [2.05, 4.69) is 0 Å². The molecule has 1 saturated heterocycles. The summed E-state index contributed by atoms with van der Waals surface area (Å²) in [6.45, 7) is 2.28. The van der Waals surface area contributed by atoms with Crippen molar-refractivity contribution in [2.24, 2.45) is 0 Å². The minimum absolute atomic E-state index is 0.116. The van der Waals surface area contributed by atoms with Gasteiger partial charge in [-0.15, -0.1) is 0 Å². The summed E-state index contributed by atoms with van der Waals surface area (Å²) in [5, 5.41) is 2.05. The van der Waals surface area contributed by atoms with Crippen LogP contribution in [-0.4, -0.2) is 41.4 Å². The van der Waals surface area contributed by atoms with Crippen LogP contribution in [0.2, 0.25) is 0 Å². The number of thiocarbonyl (C=S) groups is 1. The number of rotatable bonds is 6. The molecule has 0 N–H and O–H groups in total. The normalized spacial score (nSPS) is 15.6. The maximum absolute atomic E-state index is 12.8. The smallest absolute Gasteiger partial charge is 0.307 e. The number of ether oxygens (including phenoxy) is 2. The van der Waals surface area contributed by atoms with Crippen LogP contribution in [0.4, 0.5) is 0 Å². The predicted octanol–water partition coefficient (Wildman–Crippen LogP) is 4.00. The molecular formula is C20H19NO4S2. The fourth-order valence-electron chi connectivity index (χ4n) is 2.86. The third kappa shape index (κ3) is 4.14. The van der Waals surface area contributed by atoms with Crippen molar-refractivity contribution in [2.75, 3.05) is 20.3 Å². The van der Waals surface area contributed by atoms with Crippen molar-refractivity contribution >= 4 is 57.0 Å². The third-order valence-corrected chi connectivity index (χ3v) is 5.52. The van der Waals surface area contributed by atoms with Crippen LogP contribution in [0.25, 0.3) is 16.8 Å². The molecule has 0 spiro atoms. The van der Waals surface area contributed by atoms with Crippen molar-refractivity contribution in [3.8, 4) is 5.75 Å². The first-order valence-electron chi connectivity index (χ1n) is 8.52. The first-order valence-corrected chi connectivity index (χ1v) is 9.74. The number of hydrogen-bond donors (Lipinski definition) is 0. The summed E-state index contributed by atoms with van der Waals surface area (Å²) in [6, 6.07) is 11.8. The summed E-state index contributed by atoms with van der Waals surface area (Å²) in [5.74, 6) is 0.140. The molecular weight excluding hydrogens is 382 g/mol. The van der Waals surface area contributed by atoms with Gasteiger partial charge in [0.25, 0.3) is 5.91 Å². The van der Waals surface area contributed by atoms with E-state index in [4.69, 9.17) is 21.7 Å². The van der Waals surface area contributed by atoms with E-state index in [1.54, 1.807) is 14.0 Å².